The fourth-order valence-electron chi connectivity index (χ4n) is 1.23. The van der Waals surface area contributed by atoms with E-state index >= 15 is 0 Å². The van der Waals surface area contributed by atoms with Crippen LogP contribution in [0.15, 0.2) is 12.1 Å². The summed E-state index contributed by atoms with van der Waals surface area (Å²) in [6, 6.07) is 2.48. The van der Waals surface area contributed by atoms with Crippen molar-refractivity contribution in [2.24, 2.45) is 0 Å². The van der Waals surface area contributed by atoms with Crippen LogP contribution in [0.2, 0.25) is 5.02 Å². The lowest BCUT2D eigenvalue weighted by Crippen LogP contribution is -2.08. The van der Waals surface area contributed by atoms with Crippen LogP contribution < -0.4 is 0 Å². The summed E-state index contributed by atoms with van der Waals surface area (Å²) in [4.78, 5) is 21.6. The van der Waals surface area contributed by atoms with E-state index in [-0.39, 0.29) is 23.6 Å². The SMILES string of the molecule is CCOC(=O)Cc1cc(F)c(C=O)c(Cl)c1. The molecule has 1 rings (SSSR count). The van der Waals surface area contributed by atoms with Gasteiger partial charge in [-0.15, -0.1) is 0 Å². The molecule has 5 heteroatoms. The maximum atomic E-state index is 13.3. The van der Waals surface area contributed by atoms with E-state index in [9.17, 15) is 14.0 Å². The van der Waals surface area contributed by atoms with Gasteiger partial charge >= 0.3 is 5.97 Å². The van der Waals surface area contributed by atoms with Crippen LogP contribution in [0.4, 0.5) is 4.39 Å². The van der Waals surface area contributed by atoms with Crippen LogP contribution in [0.25, 0.3) is 0 Å². The summed E-state index contributed by atoms with van der Waals surface area (Å²) in [6.45, 7) is 1.95. The zero-order valence-electron chi connectivity index (χ0n) is 8.63. The van der Waals surface area contributed by atoms with Gasteiger partial charge in [-0.1, -0.05) is 11.6 Å². The third-order valence-electron chi connectivity index (χ3n) is 1.91. The van der Waals surface area contributed by atoms with Crippen molar-refractivity contribution < 1.29 is 18.7 Å². The number of aldehydes is 1. The maximum Gasteiger partial charge on any atom is 0.310 e. The Balaban J connectivity index is 2.91. The number of hydrogen-bond acceptors (Lipinski definition) is 3. The second-order valence-electron chi connectivity index (χ2n) is 3.07. The Morgan fingerprint density at radius 1 is 1.56 bits per heavy atom. The third-order valence-corrected chi connectivity index (χ3v) is 2.22. The highest BCUT2D eigenvalue weighted by atomic mass is 35.5. The monoisotopic (exact) mass is 244 g/mol. The molecule has 0 unspecified atom stereocenters. The van der Waals surface area contributed by atoms with E-state index in [0.717, 1.165) is 6.07 Å². The first-order valence-electron chi connectivity index (χ1n) is 4.67. The normalized spacial score (nSPS) is 9.94. The van der Waals surface area contributed by atoms with Gasteiger partial charge in [0.15, 0.2) is 6.29 Å². The molecule has 0 fully saturated rings. The standard InChI is InChI=1S/C11H10ClFO3/c1-2-16-11(15)5-7-3-9(12)8(6-14)10(13)4-7/h3-4,6H,2,5H2,1H3. The van der Waals surface area contributed by atoms with E-state index in [4.69, 9.17) is 16.3 Å². The van der Waals surface area contributed by atoms with Crippen LogP contribution in [0.5, 0.6) is 0 Å². The number of halogens is 2. The Morgan fingerprint density at radius 2 is 2.25 bits per heavy atom. The number of carbonyl (C=O) groups is 2. The Morgan fingerprint density at radius 3 is 2.75 bits per heavy atom. The number of benzene rings is 1. The summed E-state index contributed by atoms with van der Waals surface area (Å²) in [5.41, 5.74) is 0.181. The lowest BCUT2D eigenvalue weighted by molar-refractivity contribution is -0.142. The molecule has 0 spiro atoms. The molecule has 1 aromatic carbocycles. The first kappa shape index (κ1) is 12.6. The van der Waals surface area contributed by atoms with Gasteiger partial charge in [-0.3, -0.25) is 9.59 Å². The molecule has 1 aromatic rings. The van der Waals surface area contributed by atoms with E-state index < -0.39 is 11.8 Å². The minimum absolute atomic E-state index is 0.00528. The van der Waals surface area contributed by atoms with Crippen LogP contribution in [-0.4, -0.2) is 18.9 Å². The van der Waals surface area contributed by atoms with Gasteiger partial charge in [0, 0.05) is 0 Å². The van der Waals surface area contributed by atoms with Crippen molar-refractivity contribution in [1.82, 2.24) is 0 Å². The minimum atomic E-state index is -0.734. The van der Waals surface area contributed by atoms with Crippen LogP contribution >= 0.6 is 11.6 Å². The molecule has 0 saturated heterocycles. The van der Waals surface area contributed by atoms with Gasteiger partial charge in [-0.05, 0) is 24.6 Å². The van der Waals surface area contributed by atoms with Crippen molar-refractivity contribution in [3.05, 3.63) is 34.1 Å². The molecule has 0 saturated carbocycles. The molecule has 0 radical (unpaired) electrons. The smallest absolute Gasteiger partial charge is 0.310 e. The highest BCUT2D eigenvalue weighted by Gasteiger charge is 2.11. The second-order valence-corrected chi connectivity index (χ2v) is 3.48. The molecular formula is C11H10ClFO3. The number of carbonyl (C=O) groups excluding carboxylic acids is 2. The van der Waals surface area contributed by atoms with Crippen molar-refractivity contribution in [2.45, 2.75) is 13.3 Å². The van der Waals surface area contributed by atoms with Crippen molar-refractivity contribution in [2.75, 3.05) is 6.61 Å². The third kappa shape index (κ3) is 3.03. The van der Waals surface area contributed by atoms with Crippen LogP contribution in [0.3, 0.4) is 0 Å². The number of esters is 1. The lowest BCUT2D eigenvalue weighted by Gasteiger charge is -2.04. The topological polar surface area (TPSA) is 43.4 Å². The Labute approximate surface area is 97.2 Å². The van der Waals surface area contributed by atoms with Crippen molar-refractivity contribution in [3.63, 3.8) is 0 Å². The molecule has 0 atom stereocenters. The van der Waals surface area contributed by atoms with Gasteiger partial charge in [0.25, 0.3) is 0 Å². The van der Waals surface area contributed by atoms with Gasteiger partial charge in [0.2, 0.25) is 0 Å². The zero-order valence-corrected chi connectivity index (χ0v) is 9.38. The first-order valence-corrected chi connectivity index (χ1v) is 5.05. The van der Waals surface area contributed by atoms with Crippen LogP contribution in [0, 0.1) is 5.82 Å². The average molecular weight is 245 g/mol. The molecule has 16 heavy (non-hydrogen) atoms. The zero-order chi connectivity index (χ0) is 12.1. The van der Waals surface area contributed by atoms with Gasteiger partial charge < -0.3 is 4.74 Å². The van der Waals surface area contributed by atoms with Crippen molar-refractivity contribution in [3.8, 4) is 0 Å². The second kappa shape index (κ2) is 5.61. The van der Waals surface area contributed by atoms with E-state index in [2.05, 4.69) is 0 Å². The number of ether oxygens (including phenoxy) is 1. The van der Waals surface area contributed by atoms with Crippen molar-refractivity contribution in [1.29, 1.82) is 0 Å². The van der Waals surface area contributed by atoms with E-state index in [1.54, 1.807) is 6.92 Å². The lowest BCUT2D eigenvalue weighted by atomic mass is 10.1. The fraction of sp³-hybridized carbons (Fsp3) is 0.273. The van der Waals surface area contributed by atoms with Crippen LogP contribution in [0.1, 0.15) is 22.8 Å². The quantitative estimate of drug-likeness (QED) is 0.603. The Hall–Kier alpha value is -1.42. The van der Waals surface area contributed by atoms with Crippen LogP contribution in [-0.2, 0) is 16.0 Å². The summed E-state index contributed by atoms with van der Waals surface area (Å²) in [6.07, 6.45) is 0.273. The molecule has 0 bridgehead atoms. The molecule has 0 aliphatic carbocycles. The highest BCUT2D eigenvalue weighted by molar-refractivity contribution is 6.33. The summed E-state index contributed by atoms with van der Waals surface area (Å²) in [5.74, 6) is -1.20. The summed E-state index contributed by atoms with van der Waals surface area (Å²) >= 11 is 5.67. The number of rotatable bonds is 4. The number of hydrogen-bond donors (Lipinski definition) is 0. The Kier molecular flexibility index (Phi) is 4.43. The van der Waals surface area contributed by atoms with Gasteiger partial charge in [-0.25, -0.2) is 4.39 Å². The van der Waals surface area contributed by atoms with Gasteiger partial charge in [0.1, 0.15) is 5.82 Å². The highest BCUT2D eigenvalue weighted by Crippen LogP contribution is 2.20. The molecule has 0 amide bonds. The summed E-state index contributed by atoms with van der Waals surface area (Å²) in [5, 5.41) is -0.00528. The first-order chi connectivity index (χ1) is 7.58. The molecule has 0 aliphatic heterocycles. The summed E-state index contributed by atoms with van der Waals surface area (Å²) < 4.78 is 18.0. The molecule has 0 N–H and O–H groups in total. The molecule has 0 heterocycles. The average Bonchev–Trinajstić information content (AvgIpc) is 2.17. The fourth-order valence-corrected chi connectivity index (χ4v) is 1.51. The largest absolute Gasteiger partial charge is 0.466 e. The predicted molar refractivity (Wildman–Crippen MR) is 57.1 cm³/mol. The van der Waals surface area contributed by atoms with Gasteiger partial charge in [0.05, 0.1) is 23.6 Å². The molecule has 0 aliphatic rings. The van der Waals surface area contributed by atoms with E-state index in [0.29, 0.717) is 11.8 Å². The van der Waals surface area contributed by atoms with Gasteiger partial charge in [-0.2, -0.15) is 0 Å². The predicted octanol–water partition coefficient (Wildman–Crippen LogP) is 2.40. The molecule has 86 valence electrons. The van der Waals surface area contributed by atoms with E-state index in [1.165, 1.54) is 6.07 Å². The van der Waals surface area contributed by atoms with E-state index in [1.807, 2.05) is 0 Å². The Bertz CT molecular complexity index is 395. The molecule has 3 nitrogen and oxygen atoms in total. The molecule has 0 aromatic heterocycles. The summed E-state index contributed by atoms with van der Waals surface area (Å²) in [7, 11) is 0. The molecular weight excluding hydrogens is 235 g/mol. The minimum Gasteiger partial charge on any atom is -0.466 e. The van der Waals surface area contributed by atoms with Crippen molar-refractivity contribution >= 4 is 23.9 Å². The maximum absolute atomic E-state index is 13.3.